The van der Waals surface area contributed by atoms with Gasteiger partial charge in [0.15, 0.2) is 0 Å². The highest BCUT2D eigenvalue weighted by Gasteiger charge is 2.33. The van der Waals surface area contributed by atoms with Crippen LogP contribution >= 0.6 is 0 Å². The zero-order valence-electron chi connectivity index (χ0n) is 20.2. The quantitative estimate of drug-likeness (QED) is 0.228. The fourth-order valence-corrected chi connectivity index (χ4v) is 4.34. The Hall–Kier alpha value is -1.26. The number of nitrogens with one attached hydrogen (secondary N) is 1. The number of hydrogen-bond donors (Lipinski definition) is 1. The molecule has 1 unspecified atom stereocenters. The number of hydrogen-bond acceptors (Lipinski definition) is 2. The van der Waals surface area contributed by atoms with Crippen molar-refractivity contribution in [3.05, 3.63) is 0 Å². The number of urea groups is 1. The average molecular weight is 424 g/mol. The third kappa shape index (κ3) is 11.2. The van der Waals surface area contributed by atoms with E-state index >= 15 is 0 Å². The summed E-state index contributed by atoms with van der Waals surface area (Å²) < 4.78 is 0. The molecule has 5 nitrogen and oxygen atoms in total. The predicted octanol–water partition coefficient (Wildman–Crippen LogP) is 6.47. The van der Waals surface area contributed by atoms with Crippen LogP contribution in [-0.2, 0) is 4.79 Å². The zero-order chi connectivity index (χ0) is 22.0. The van der Waals surface area contributed by atoms with Crippen molar-refractivity contribution in [1.29, 1.82) is 0 Å². The maximum absolute atomic E-state index is 12.0. The van der Waals surface area contributed by atoms with Crippen LogP contribution in [0.4, 0.5) is 4.79 Å². The second-order valence-corrected chi connectivity index (χ2v) is 8.86. The molecule has 30 heavy (non-hydrogen) atoms. The highest BCUT2D eigenvalue weighted by molar-refractivity contribution is 5.80. The number of amides is 3. The van der Waals surface area contributed by atoms with Gasteiger partial charge in [-0.2, -0.15) is 0 Å². The second-order valence-electron chi connectivity index (χ2n) is 8.86. The summed E-state index contributed by atoms with van der Waals surface area (Å²) in [5.41, 5.74) is 0. The van der Waals surface area contributed by atoms with Crippen molar-refractivity contribution in [2.45, 2.75) is 130 Å². The van der Waals surface area contributed by atoms with E-state index in [2.05, 4.69) is 12.2 Å². The Morgan fingerprint density at radius 3 is 1.87 bits per heavy atom. The molecule has 0 aliphatic carbocycles. The third-order valence-corrected chi connectivity index (χ3v) is 6.41. The van der Waals surface area contributed by atoms with Crippen molar-refractivity contribution in [1.82, 2.24) is 15.1 Å². The van der Waals surface area contributed by atoms with Crippen molar-refractivity contribution >= 4 is 11.9 Å². The van der Waals surface area contributed by atoms with Crippen molar-refractivity contribution in [3.8, 4) is 0 Å². The molecule has 0 radical (unpaired) electrons. The number of nitrogens with zero attached hydrogens (tertiary/aromatic N) is 2. The minimum Gasteiger partial charge on any atom is -0.343 e. The Bertz CT molecular complexity index is 452. The van der Waals surface area contributed by atoms with Gasteiger partial charge >= 0.3 is 6.03 Å². The summed E-state index contributed by atoms with van der Waals surface area (Å²) >= 11 is 0. The summed E-state index contributed by atoms with van der Waals surface area (Å²) in [5, 5.41) is 3.04. The summed E-state index contributed by atoms with van der Waals surface area (Å²) in [7, 11) is 0. The predicted molar refractivity (Wildman–Crippen MR) is 126 cm³/mol. The van der Waals surface area contributed by atoms with Crippen molar-refractivity contribution in [3.63, 3.8) is 0 Å². The molecule has 1 N–H and O–H groups in total. The molecule has 0 saturated carbocycles. The van der Waals surface area contributed by atoms with Gasteiger partial charge in [-0.05, 0) is 39.5 Å². The van der Waals surface area contributed by atoms with E-state index < -0.39 is 0 Å². The van der Waals surface area contributed by atoms with Crippen LogP contribution < -0.4 is 5.32 Å². The van der Waals surface area contributed by atoms with Gasteiger partial charge in [-0.1, -0.05) is 77.6 Å². The van der Waals surface area contributed by atoms with Crippen molar-refractivity contribution < 1.29 is 9.59 Å². The maximum Gasteiger partial charge on any atom is 0.320 e. The van der Waals surface area contributed by atoms with Crippen molar-refractivity contribution in [2.24, 2.45) is 0 Å². The summed E-state index contributed by atoms with van der Waals surface area (Å²) in [6.45, 7) is 8.74. The van der Waals surface area contributed by atoms with Crippen LogP contribution in [0.25, 0.3) is 0 Å². The van der Waals surface area contributed by atoms with Crippen LogP contribution in [0.1, 0.15) is 124 Å². The molecule has 1 atom stereocenters. The van der Waals surface area contributed by atoms with Crippen LogP contribution in [0, 0.1) is 0 Å². The summed E-state index contributed by atoms with van der Waals surface area (Å²) in [6.07, 6.45) is 19.8. The summed E-state index contributed by atoms with van der Waals surface area (Å²) in [4.78, 5) is 27.7. The van der Waals surface area contributed by atoms with E-state index in [0.29, 0.717) is 6.42 Å². The Balaban J connectivity index is 1.97. The average Bonchev–Trinajstić information content (AvgIpc) is 2.74. The van der Waals surface area contributed by atoms with E-state index in [9.17, 15) is 9.59 Å². The van der Waals surface area contributed by atoms with Gasteiger partial charge in [0, 0.05) is 26.1 Å². The summed E-state index contributed by atoms with van der Waals surface area (Å²) in [5.74, 6) is 0.260. The second kappa shape index (κ2) is 17.4. The van der Waals surface area contributed by atoms with Gasteiger partial charge in [-0.15, -0.1) is 0 Å². The van der Waals surface area contributed by atoms with E-state index in [1.165, 1.54) is 70.6 Å². The standard InChI is InChI=1S/C25H49N3O2/c1-4-7-8-9-10-11-12-13-14-15-17-20-23-26-25(30)28(23)22-19-16-18-21-24(29)27(5-2)6-3/h23H,4-22H2,1-3H3,(H,26,30). The van der Waals surface area contributed by atoms with Crippen LogP contribution in [0.2, 0.25) is 0 Å². The van der Waals surface area contributed by atoms with E-state index in [0.717, 1.165) is 45.3 Å². The Labute approximate surface area is 186 Å². The van der Waals surface area contributed by atoms with Gasteiger partial charge < -0.3 is 15.1 Å². The molecule has 3 amide bonds. The first-order chi connectivity index (χ1) is 14.6. The number of carbonyl (C=O) groups is 2. The maximum atomic E-state index is 12.0. The first kappa shape index (κ1) is 26.8. The lowest BCUT2D eigenvalue weighted by atomic mass is 10.0. The lowest BCUT2D eigenvalue weighted by molar-refractivity contribution is -0.130. The Morgan fingerprint density at radius 1 is 0.800 bits per heavy atom. The third-order valence-electron chi connectivity index (χ3n) is 6.41. The Kier molecular flexibility index (Phi) is 15.6. The fraction of sp³-hybridized carbons (Fsp3) is 0.920. The molecule has 1 saturated heterocycles. The van der Waals surface area contributed by atoms with Crippen LogP contribution in [0.15, 0.2) is 0 Å². The Morgan fingerprint density at radius 2 is 1.33 bits per heavy atom. The molecule has 0 aromatic carbocycles. The van der Waals surface area contributed by atoms with Gasteiger partial charge in [0.2, 0.25) is 5.91 Å². The monoisotopic (exact) mass is 423 g/mol. The molecule has 1 fully saturated rings. The summed E-state index contributed by atoms with van der Waals surface area (Å²) in [6, 6.07) is 0.0855. The van der Waals surface area contributed by atoms with Gasteiger partial charge in [0.05, 0.1) is 0 Å². The number of carbonyl (C=O) groups excluding carboxylic acids is 2. The van der Waals surface area contributed by atoms with Crippen LogP contribution in [-0.4, -0.2) is 47.5 Å². The molecular formula is C25H49N3O2. The van der Waals surface area contributed by atoms with Gasteiger partial charge in [0.1, 0.15) is 6.17 Å². The molecule has 1 rings (SSSR count). The molecule has 0 aromatic heterocycles. The lowest BCUT2D eigenvalue weighted by Gasteiger charge is -2.42. The normalized spacial score (nSPS) is 15.8. The molecule has 1 aliphatic heterocycles. The van der Waals surface area contributed by atoms with E-state index in [1.54, 1.807) is 0 Å². The smallest absolute Gasteiger partial charge is 0.320 e. The minimum atomic E-state index is 0.0855. The first-order valence-electron chi connectivity index (χ1n) is 13.0. The van der Waals surface area contributed by atoms with Crippen LogP contribution in [0.5, 0.6) is 0 Å². The molecule has 176 valence electrons. The highest BCUT2D eigenvalue weighted by Crippen LogP contribution is 2.18. The molecule has 0 bridgehead atoms. The van der Waals surface area contributed by atoms with E-state index in [-0.39, 0.29) is 18.1 Å². The largest absolute Gasteiger partial charge is 0.343 e. The van der Waals surface area contributed by atoms with Gasteiger partial charge in [-0.3, -0.25) is 4.79 Å². The number of rotatable bonds is 20. The molecule has 0 aromatic rings. The van der Waals surface area contributed by atoms with Gasteiger partial charge in [0.25, 0.3) is 0 Å². The lowest BCUT2D eigenvalue weighted by Crippen LogP contribution is -2.65. The topological polar surface area (TPSA) is 52.7 Å². The van der Waals surface area contributed by atoms with E-state index in [1.807, 2.05) is 23.6 Å². The number of unbranched alkanes of at least 4 members (excludes halogenated alkanes) is 12. The molecule has 1 heterocycles. The van der Waals surface area contributed by atoms with Crippen molar-refractivity contribution in [2.75, 3.05) is 19.6 Å². The zero-order valence-corrected chi connectivity index (χ0v) is 20.2. The SMILES string of the molecule is CCCCCCCCCCCCCC1NC(=O)N1CCCCCC(=O)N(CC)CC. The van der Waals surface area contributed by atoms with E-state index in [4.69, 9.17) is 0 Å². The van der Waals surface area contributed by atoms with Crippen LogP contribution in [0.3, 0.4) is 0 Å². The molecular weight excluding hydrogens is 374 g/mol. The molecule has 1 aliphatic rings. The minimum absolute atomic E-state index is 0.0855. The first-order valence-corrected chi connectivity index (χ1v) is 13.0. The molecule has 0 spiro atoms. The fourth-order valence-electron chi connectivity index (χ4n) is 4.34. The van der Waals surface area contributed by atoms with Gasteiger partial charge in [-0.25, -0.2) is 4.79 Å². The highest BCUT2D eigenvalue weighted by atomic mass is 16.2. The molecule has 5 heteroatoms.